The molecule has 1 heterocycles. The zero-order valence-electron chi connectivity index (χ0n) is 19.4. The fraction of sp³-hybridized carbons (Fsp3) is 0.440. The van der Waals surface area contributed by atoms with Crippen molar-refractivity contribution in [1.29, 1.82) is 0 Å². The molecule has 0 spiro atoms. The van der Waals surface area contributed by atoms with Crippen molar-refractivity contribution in [1.82, 2.24) is 10.2 Å². The Morgan fingerprint density at radius 2 is 1.88 bits per heavy atom. The van der Waals surface area contributed by atoms with Crippen LogP contribution in [0.3, 0.4) is 0 Å². The summed E-state index contributed by atoms with van der Waals surface area (Å²) >= 11 is 6.40. The molecule has 0 saturated carbocycles. The van der Waals surface area contributed by atoms with Gasteiger partial charge in [-0.3, -0.25) is 9.59 Å². The third-order valence-corrected chi connectivity index (χ3v) is 6.21. The summed E-state index contributed by atoms with van der Waals surface area (Å²) in [6.07, 6.45) is 3.86. The molecule has 0 aliphatic carbocycles. The lowest BCUT2D eigenvalue weighted by atomic mass is 10.0. The van der Waals surface area contributed by atoms with E-state index in [1.807, 2.05) is 23.1 Å². The van der Waals surface area contributed by atoms with Gasteiger partial charge in [-0.05, 0) is 68.5 Å². The highest BCUT2D eigenvalue weighted by Crippen LogP contribution is 2.28. The second-order valence-corrected chi connectivity index (χ2v) is 8.59. The van der Waals surface area contributed by atoms with Gasteiger partial charge < -0.3 is 25.0 Å². The van der Waals surface area contributed by atoms with E-state index in [0.717, 1.165) is 31.4 Å². The van der Waals surface area contributed by atoms with Gasteiger partial charge >= 0.3 is 0 Å². The van der Waals surface area contributed by atoms with Crippen LogP contribution < -0.4 is 20.1 Å². The van der Waals surface area contributed by atoms with E-state index >= 15 is 0 Å². The largest absolute Gasteiger partial charge is 0.493 e. The average molecular weight is 474 g/mol. The Kier molecular flexibility index (Phi) is 8.83. The van der Waals surface area contributed by atoms with Gasteiger partial charge in [0, 0.05) is 24.8 Å². The van der Waals surface area contributed by atoms with Gasteiger partial charge in [0.15, 0.2) is 11.5 Å². The van der Waals surface area contributed by atoms with E-state index in [-0.39, 0.29) is 24.4 Å². The quantitative estimate of drug-likeness (QED) is 0.572. The summed E-state index contributed by atoms with van der Waals surface area (Å²) in [5.41, 5.74) is 2.23. The number of likely N-dealkylation sites (tertiary alicyclic amines) is 1. The lowest BCUT2D eigenvalue weighted by Crippen LogP contribution is -2.42. The summed E-state index contributed by atoms with van der Waals surface area (Å²) in [4.78, 5) is 27.0. The average Bonchev–Trinajstić information content (AvgIpc) is 2.82. The maximum absolute atomic E-state index is 12.9. The molecule has 2 N–H and O–H groups in total. The molecule has 1 aliphatic heterocycles. The Labute approximate surface area is 200 Å². The topological polar surface area (TPSA) is 79.9 Å². The van der Waals surface area contributed by atoms with E-state index in [0.29, 0.717) is 40.7 Å². The summed E-state index contributed by atoms with van der Waals surface area (Å²) in [5.74, 6) is 1.17. The number of nitrogens with zero attached hydrogens (tertiary/aromatic N) is 1. The number of carbonyl (C=O) groups is 2. The number of hydrogen-bond donors (Lipinski definition) is 2. The maximum atomic E-state index is 12.9. The zero-order valence-corrected chi connectivity index (χ0v) is 20.2. The minimum atomic E-state index is -0.131. The van der Waals surface area contributed by atoms with Crippen molar-refractivity contribution in [3.05, 3.63) is 52.5 Å². The molecule has 1 fully saturated rings. The van der Waals surface area contributed by atoms with Crippen LogP contribution in [0.2, 0.25) is 5.02 Å². The number of rotatable bonds is 9. The van der Waals surface area contributed by atoms with Crippen LogP contribution in [0.25, 0.3) is 0 Å². The summed E-state index contributed by atoms with van der Waals surface area (Å²) in [6.45, 7) is 3.45. The summed E-state index contributed by atoms with van der Waals surface area (Å²) in [5, 5.41) is 6.34. The third-order valence-electron chi connectivity index (χ3n) is 5.90. The van der Waals surface area contributed by atoms with E-state index in [1.165, 1.54) is 0 Å². The van der Waals surface area contributed by atoms with Crippen LogP contribution in [-0.4, -0.2) is 56.6 Å². The first kappa shape index (κ1) is 24.7. The Morgan fingerprint density at radius 1 is 1.09 bits per heavy atom. The maximum Gasteiger partial charge on any atom is 0.255 e. The number of nitrogens with one attached hydrogen (secondary N) is 2. The smallest absolute Gasteiger partial charge is 0.255 e. The fourth-order valence-corrected chi connectivity index (χ4v) is 4.24. The Bertz CT molecular complexity index is 982. The number of hydrogen-bond acceptors (Lipinski definition) is 5. The summed E-state index contributed by atoms with van der Waals surface area (Å²) in [7, 11) is 3.19. The van der Waals surface area contributed by atoms with Crippen molar-refractivity contribution >= 4 is 29.1 Å². The lowest BCUT2D eigenvalue weighted by Gasteiger charge is -2.33. The van der Waals surface area contributed by atoms with Gasteiger partial charge in [-0.15, -0.1) is 0 Å². The third kappa shape index (κ3) is 6.54. The van der Waals surface area contributed by atoms with Crippen molar-refractivity contribution < 1.29 is 19.1 Å². The molecule has 2 amide bonds. The van der Waals surface area contributed by atoms with Gasteiger partial charge in [0.25, 0.3) is 5.91 Å². The molecule has 1 atom stereocenters. The van der Waals surface area contributed by atoms with E-state index in [2.05, 4.69) is 17.6 Å². The van der Waals surface area contributed by atoms with Crippen LogP contribution in [0.15, 0.2) is 36.4 Å². The SMILES string of the molecule is COc1ccc(CCNC(=O)CNc2ccc(C(=O)N3CCCCC3C)c(Cl)c2)cc1OC. The first-order valence-corrected chi connectivity index (χ1v) is 11.6. The molecule has 1 aliphatic rings. The minimum absolute atomic E-state index is 0.0355. The number of anilines is 1. The first-order chi connectivity index (χ1) is 15.9. The highest BCUT2D eigenvalue weighted by Gasteiger charge is 2.25. The molecular weight excluding hydrogens is 442 g/mol. The van der Waals surface area contributed by atoms with Crippen molar-refractivity contribution in [3.8, 4) is 11.5 Å². The highest BCUT2D eigenvalue weighted by atomic mass is 35.5. The Balaban J connectivity index is 1.47. The summed E-state index contributed by atoms with van der Waals surface area (Å²) < 4.78 is 10.5. The fourth-order valence-electron chi connectivity index (χ4n) is 3.98. The number of benzene rings is 2. The number of methoxy groups -OCH3 is 2. The van der Waals surface area contributed by atoms with Crippen LogP contribution in [0.1, 0.15) is 42.1 Å². The van der Waals surface area contributed by atoms with E-state index < -0.39 is 0 Å². The highest BCUT2D eigenvalue weighted by molar-refractivity contribution is 6.34. The monoisotopic (exact) mass is 473 g/mol. The first-order valence-electron chi connectivity index (χ1n) is 11.2. The van der Waals surface area contributed by atoms with Crippen LogP contribution >= 0.6 is 11.6 Å². The van der Waals surface area contributed by atoms with E-state index in [4.69, 9.17) is 21.1 Å². The molecule has 0 radical (unpaired) electrons. The zero-order chi connectivity index (χ0) is 23.8. The number of amides is 2. The molecule has 2 aromatic rings. The van der Waals surface area contributed by atoms with Crippen LogP contribution in [0.4, 0.5) is 5.69 Å². The molecule has 8 heteroatoms. The van der Waals surface area contributed by atoms with Crippen molar-refractivity contribution in [2.24, 2.45) is 0 Å². The number of halogens is 1. The van der Waals surface area contributed by atoms with Crippen LogP contribution in [0.5, 0.6) is 11.5 Å². The molecule has 1 saturated heterocycles. The minimum Gasteiger partial charge on any atom is -0.493 e. The van der Waals surface area contributed by atoms with E-state index in [9.17, 15) is 9.59 Å². The molecule has 33 heavy (non-hydrogen) atoms. The van der Waals surface area contributed by atoms with Gasteiger partial charge in [0.05, 0.1) is 31.4 Å². The number of ether oxygens (including phenoxy) is 2. The molecule has 0 aromatic heterocycles. The van der Waals surface area contributed by atoms with Gasteiger partial charge in [0.2, 0.25) is 5.91 Å². The van der Waals surface area contributed by atoms with Crippen molar-refractivity contribution in [3.63, 3.8) is 0 Å². The van der Waals surface area contributed by atoms with Crippen molar-refractivity contribution in [2.75, 3.05) is 39.2 Å². The normalized spacial score (nSPS) is 15.6. The predicted molar refractivity (Wildman–Crippen MR) is 131 cm³/mol. The predicted octanol–water partition coefficient (Wildman–Crippen LogP) is 4.14. The van der Waals surface area contributed by atoms with E-state index in [1.54, 1.807) is 32.4 Å². The van der Waals surface area contributed by atoms with Crippen LogP contribution in [0, 0.1) is 0 Å². The van der Waals surface area contributed by atoms with Gasteiger partial charge in [-0.25, -0.2) is 0 Å². The molecule has 178 valence electrons. The second-order valence-electron chi connectivity index (χ2n) is 8.18. The molecule has 3 rings (SSSR count). The molecule has 2 aromatic carbocycles. The standard InChI is InChI=1S/C25H32ClN3O4/c1-17-6-4-5-13-29(17)25(31)20-9-8-19(15-21(20)26)28-16-24(30)27-12-11-18-7-10-22(32-2)23(14-18)33-3/h7-10,14-15,17,28H,4-6,11-13,16H2,1-3H3,(H,27,30). The van der Waals surface area contributed by atoms with Crippen molar-refractivity contribution in [2.45, 2.75) is 38.6 Å². The molecule has 0 bridgehead atoms. The number of piperidine rings is 1. The molecular formula is C25H32ClN3O4. The van der Waals surface area contributed by atoms with Gasteiger partial charge in [0.1, 0.15) is 0 Å². The van der Waals surface area contributed by atoms with Gasteiger partial charge in [-0.2, -0.15) is 0 Å². The molecule has 7 nitrogen and oxygen atoms in total. The van der Waals surface area contributed by atoms with Gasteiger partial charge in [-0.1, -0.05) is 17.7 Å². The number of carbonyl (C=O) groups excluding carboxylic acids is 2. The van der Waals surface area contributed by atoms with Crippen LogP contribution in [-0.2, 0) is 11.2 Å². The Morgan fingerprint density at radius 3 is 2.58 bits per heavy atom. The second kappa shape index (κ2) is 11.8. The molecule has 1 unspecified atom stereocenters. The Hall–Kier alpha value is -2.93. The lowest BCUT2D eigenvalue weighted by molar-refractivity contribution is -0.119. The summed E-state index contributed by atoms with van der Waals surface area (Å²) in [6, 6.07) is 11.1.